The Morgan fingerprint density at radius 3 is 2.36 bits per heavy atom. The lowest BCUT2D eigenvalue weighted by molar-refractivity contribution is -0.274. The standard InChI is InChI=1S/C19H19F3N2O4/c1-27-18(26)13-8-6-12(7-9-13)10-15(23)17(25)24-11-14-4-2-3-5-16(14)28-19(20,21)22/h2-9,15H,10-11,23H2,1H3,(H,24,25)/t15-/m0/s1. The Kier molecular flexibility index (Phi) is 7.00. The maximum absolute atomic E-state index is 12.4. The first kappa shape index (κ1) is 21.2. The molecule has 150 valence electrons. The van der Waals surface area contributed by atoms with E-state index in [1.54, 1.807) is 24.3 Å². The van der Waals surface area contributed by atoms with Crippen molar-refractivity contribution < 1.29 is 32.2 Å². The van der Waals surface area contributed by atoms with Crippen LogP contribution < -0.4 is 15.8 Å². The van der Waals surface area contributed by atoms with Gasteiger partial charge in [0.05, 0.1) is 18.7 Å². The summed E-state index contributed by atoms with van der Waals surface area (Å²) >= 11 is 0. The Labute approximate surface area is 159 Å². The molecule has 0 heterocycles. The molecule has 0 bridgehead atoms. The number of nitrogens with two attached hydrogens (primary N) is 1. The summed E-state index contributed by atoms with van der Waals surface area (Å²) in [7, 11) is 1.27. The molecular weight excluding hydrogens is 377 g/mol. The van der Waals surface area contributed by atoms with Crippen molar-refractivity contribution in [1.29, 1.82) is 0 Å². The van der Waals surface area contributed by atoms with Crippen LogP contribution in [0.2, 0.25) is 0 Å². The van der Waals surface area contributed by atoms with Gasteiger partial charge < -0.3 is 20.5 Å². The van der Waals surface area contributed by atoms with Crippen LogP contribution in [0.3, 0.4) is 0 Å². The Bertz CT molecular complexity index is 823. The van der Waals surface area contributed by atoms with Gasteiger partial charge in [-0.2, -0.15) is 0 Å². The third kappa shape index (κ3) is 6.27. The number of nitrogens with one attached hydrogen (secondary N) is 1. The number of ether oxygens (including phenoxy) is 2. The smallest absolute Gasteiger partial charge is 0.465 e. The van der Waals surface area contributed by atoms with E-state index in [1.165, 1.54) is 25.3 Å². The lowest BCUT2D eigenvalue weighted by atomic mass is 10.0. The number of hydrogen-bond acceptors (Lipinski definition) is 5. The second-order valence-electron chi connectivity index (χ2n) is 5.87. The number of amides is 1. The van der Waals surface area contributed by atoms with E-state index >= 15 is 0 Å². The summed E-state index contributed by atoms with van der Waals surface area (Å²) in [6.07, 6.45) is -4.64. The summed E-state index contributed by atoms with van der Waals surface area (Å²) < 4.78 is 45.8. The van der Waals surface area contributed by atoms with E-state index in [2.05, 4.69) is 14.8 Å². The van der Waals surface area contributed by atoms with E-state index in [-0.39, 0.29) is 24.3 Å². The number of esters is 1. The summed E-state index contributed by atoms with van der Waals surface area (Å²) in [4.78, 5) is 23.6. The maximum Gasteiger partial charge on any atom is 0.573 e. The van der Waals surface area contributed by atoms with Crippen molar-refractivity contribution in [1.82, 2.24) is 5.32 Å². The van der Waals surface area contributed by atoms with E-state index in [0.717, 1.165) is 11.6 Å². The van der Waals surface area contributed by atoms with Crippen LogP contribution in [0, 0.1) is 0 Å². The molecule has 1 amide bonds. The van der Waals surface area contributed by atoms with E-state index in [0.29, 0.717) is 5.56 Å². The van der Waals surface area contributed by atoms with E-state index in [1.807, 2.05) is 0 Å². The highest BCUT2D eigenvalue weighted by atomic mass is 19.4. The first-order valence-electron chi connectivity index (χ1n) is 8.24. The Morgan fingerprint density at radius 2 is 1.75 bits per heavy atom. The van der Waals surface area contributed by atoms with Gasteiger partial charge in [-0.05, 0) is 30.2 Å². The molecule has 2 rings (SSSR count). The Balaban J connectivity index is 1.94. The second kappa shape index (κ2) is 9.23. The van der Waals surface area contributed by atoms with Crippen LogP contribution in [0.5, 0.6) is 5.75 Å². The van der Waals surface area contributed by atoms with Gasteiger partial charge in [0.15, 0.2) is 0 Å². The van der Waals surface area contributed by atoms with Crippen LogP contribution in [0.15, 0.2) is 48.5 Å². The summed E-state index contributed by atoms with van der Waals surface area (Å²) in [5.41, 5.74) is 7.12. The lowest BCUT2D eigenvalue weighted by Gasteiger charge is -2.15. The molecular formula is C19H19F3N2O4. The fraction of sp³-hybridized carbons (Fsp3) is 0.263. The highest BCUT2D eigenvalue weighted by Gasteiger charge is 2.32. The number of methoxy groups -OCH3 is 1. The summed E-state index contributed by atoms with van der Waals surface area (Å²) in [6.45, 7) is -0.167. The van der Waals surface area contributed by atoms with E-state index in [4.69, 9.17) is 5.73 Å². The minimum atomic E-state index is -4.83. The van der Waals surface area contributed by atoms with Crippen molar-refractivity contribution >= 4 is 11.9 Å². The molecule has 0 aliphatic heterocycles. The number of rotatable bonds is 7. The third-order valence-electron chi connectivity index (χ3n) is 3.82. The van der Waals surface area contributed by atoms with Crippen LogP contribution in [0.4, 0.5) is 13.2 Å². The van der Waals surface area contributed by atoms with Crippen molar-refractivity contribution in [3.63, 3.8) is 0 Å². The van der Waals surface area contributed by atoms with Gasteiger partial charge in [0, 0.05) is 12.1 Å². The number of benzene rings is 2. The van der Waals surface area contributed by atoms with Gasteiger partial charge >= 0.3 is 12.3 Å². The third-order valence-corrected chi connectivity index (χ3v) is 3.82. The Morgan fingerprint density at radius 1 is 1.11 bits per heavy atom. The summed E-state index contributed by atoms with van der Waals surface area (Å²) in [6, 6.07) is 11.0. The molecule has 0 aliphatic carbocycles. The maximum atomic E-state index is 12.4. The SMILES string of the molecule is COC(=O)c1ccc(C[C@H](N)C(=O)NCc2ccccc2OC(F)(F)F)cc1. The van der Waals surface area contributed by atoms with Gasteiger partial charge in [-0.25, -0.2) is 4.79 Å². The first-order chi connectivity index (χ1) is 13.2. The molecule has 3 N–H and O–H groups in total. The minimum Gasteiger partial charge on any atom is -0.465 e. The second-order valence-corrected chi connectivity index (χ2v) is 5.87. The van der Waals surface area contributed by atoms with Gasteiger partial charge in [0.1, 0.15) is 5.75 Å². The molecule has 0 aliphatic rings. The normalized spacial score (nSPS) is 12.2. The zero-order valence-corrected chi connectivity index (χ0v) is 15.0. The van der Waals surface area contributed by atoms with Gasteiger partial charge in [-0.15, -0.1) is 13.2 Å². The molecule has 9 heteroatoms. The van der Waals surface area contributed by atoms with Crippen LogP contribution in [-0.2, 0) is 22.5 Å². The topological polar surface area (TPSA) is 90.7 Å². The van der Waals surface area contributed by atoms with Crippen molar-refractivity contribution in [3.8, 4) is 5.75 Å². The van der Waals surface area contributed by atoms with Crippen molar-refractivity contribution in [2.75, 3.05) is 7.11 Å². The highest BCUT2D eigenvalue weighted by molar-refractivity contribution is 5.89. The summed E-state index contributed by atoms with van der Waals surface area (Å²) in [5, 5.41) is 2.50. The van der Waals surface area contributed by atoms with Crippen molar-refractivity contribution in [3.05, 3.63) is 65.2 Å². The number of alkyl halides is 3. The Hall–Kier alpha value is -3.07. The zero-order chi connectivity index (χ0) is 20.7. The number of carbonyl (C=O) groups excluding carboxylic acids is 2. The molecule has 0 fully saturated rings. The molecule has 0 spiro atoms. The summed E-state index contributed by atoms with van der Waals surface area (Å²) in [5.74, 6) is -1.39. The lowest BCUT2D eigenvalue weighted by Crippen LogP contribution is -2.41. The molecule has 6 nitrogen and oxygen atoms in total. The zero-order valence-electron chi connectivity index (χ0n) is 15.0. The molecule has 1 atom stereocenters. The molecule has 0 radical (unpaired) electrons. The predicted molar refractivity (Wildman–Crippen MR) is 94.4 cm³/mol. The number of carbonyl (C=O) groups is 2. The largest absolute Gasteiger partial charge is 0.573 e. The van der Waals surface area contributed by atoms with Crippen LogP contribution in [0.1, 0.15) is 21.5 Å². The fourth-order valence-corrected chi connectivity index (χ4v) is 2.43. The van der Waals surface area contributed by atoms with Crippen LogP contribution >= 0.6 is 0 Å². The van der Waals surface area contributed by atoms with Crippen LogP contribution in [0.25, 0.3) is 0 Å². The minimum absolute atomic E-state index is 0.167. The van der Waals surface area contributed by atoms with Gasteiger partial charge in [-0.1, -0.05) is 30.3 Å². The predicted octanol–water partition coefficient (Wildman–Crippen LogP) is 2.56. The van der Waals surface area contributed by atoms with Crippen molar-refractivity contribution in [2.24, 2.45) is 5.73 Å². The monoisotopic (exact) mass is 396 g/mol. The van der Waals surface area contributed by atoms with Crippen LogP contribution in [-0.4, -0.2) is 31.4 Å². The number of halogens is 3. The fourth-order valence-electron chi connectivity index (χ4n) is 2.43. The first-order valence-corrected chi connectivity index (χ1v) is 8.24. The quantitative estimate of drug-likeness (QED) is 0.702. The molecule has 28 heavy (non-hydrogen) atoms. The average molecular weight is 396 g/mol. The average Bonchev–Trinajstić information content (AvgIpc) is 2.65. The molecule has 2 aromatic rings. The van der Waals surface area contributed by atoms with Gasteiger partial charge in [0.2, 0.25) is 5.91 Å². The van der Waals surface area contributed by atoms with Crippen molar-refractivity contribution in [2.45, 2.75) is 25.4 Å². The van der Waals surface area contributed by atoms with E-state index < -0.39 is 24.3 Å². The molecule has 0 saturated carbocycles. The van der Waals surface area contributed by atoms with Gasteiger partial charge in [-0.3, -0.25) is 4.79 Å². The van der Waals surface area contributed by atoms with Gasteiger partial charge in [0.25, 0.3) is 0 Å². The molecule has 0 unspecified atom stereocenters. The highest BCUT2D eigenvalue weighted by Crippen LogP contribution is 2.26. The molecule has 2 aromatic carbocycles. The molecule has 0 aromatic heterocycles. The van der Waals surface area contributed by atoms with E-state index in [9.17, 15) is 22.8 Å². The number of para-hydroxylation sites is 1. The molecule has 0 saturated heterocycles. The number of hydrogen-bond donors (Lipinski definition) is 2.